The minimum absolute atomic E-state index is 0.0153. The lowest BCUT2D eigenvalue weighted by Gasteiger charge is -1.96. The van der Waals surface area contributed by atoms with Crippen LogP contribution in [0.4, 0.5) is 10.7 Å². The highest BCUT2D eigenvalue weighted by molar-refractivity contribution is 5.80. The number of aromatic nitrogens is 2. The largest absolute Gasteiger partial charge is 0.465 e. The van der Waals surface area contributed by atoms with Crippen molar-refractivity contribution in [3.05, 3.63) is 18.0 Å². The molecule has 0 unspecified atom stereocenters. The summed E-state index contributed by atoms with van der Waals surface area (Å²) >= 11 is 0. The van der Waals surface area contributed by atoms with Crippen LogP contribution in [0, 0.1) is 12.3 Å². The van der Waals surface area contributed by atoms with Crippen LogP contribution in [0.15, 0.2) is 12.4 Å². The summed E-state index contributed by atoms with van der Waals surface area (Å²) in [4.78, 5) is 17.4. The first-order valence-corrected chi connectivity index (χ1v) is 3.01. The minimum Gasteiger partial charge on any atom is -0.465 e. The highest BCUT2D eigenvalue weighted by Gasteiger charge is 1.98. The fourth-order valence-corrected chi connectivity index (χ4v) is 0.563. The molecule has 5 heteroatoms. The molecule has 0 aromatic carbocycles. The molecule has 0 spiro atoms. The first-order valence-electron chi connectivity index (χ1n) is 3.01. The Morgan fingerprint density at radius 3 is 2.58 bits per heavy atom. The quantitative estimate of drug-likeness (QED) is 0.593. The van der Waals surface area contributed by atoms with Crippen LogP contribution >= 0.6 is 0 Å². The molecule has 0 saturated carbocycles. The van der Waals surface area contributed by atoms with Gasteiger partial charge < -0.3 is 5.11 Å². The molecule has 0 fully saturated rings. The predicted molar refractivity (Wildman–Crippen MR) is 41.6 cm³/mol. The fraction of sp³-hybridized carbons (Fsp3) is 0. The number of nitrogens with zero attached hydrogens (tertiary/aromatic N) is 2. The standard InChI is InChI=1S/C7H5N3O2/c1-2-5-3-8-6(9-4-5)10-7(11)12/h1,3-4H,(H,11,12)(H,8,9,10). The lowest BCUT2D eigenvalue weighted by atomic mass is 10.4. The average molecular weight is 163 g/mol. The number of hydrogen-bond acceptors (Lipinski definition) is 3. The first kappa shape index (κ1) is 8.01. The fourth-order valence-electron chi connectivity index (χ4n) is 0.563. The Labute approximate surface area is 68.5 Å². The molecule has 1 rings (SSSR count). The Bertz CT molecular complexity index is 325. The van der Waals surface area contributed by atoms with Crippen molar-refractivity contribution < 1.29 is 9.90 Å². The van der Waals surface area contributed by atoms with Crippen LogP contribution in [0.2, 0.25) is 0 Å². The Hall–Kier alpha value is -2.09. The average Bonchev–Trinajstić information content (AvgIpc) is 2.05. The predicted octanol–water partition coefficient (Wildman–Crippen LogP) is 0.548. The van der Waals surface area contributed by atoms with Crippen LogP contribution in [0.1, 0.15) is 5.56 Å². The molecule has 1 aromatic rings. The zero-order valence-electron chi connectivity index (χ0n) is 5.98. The topological polar surface area (TPSA) is 75.1 Å². The van der Waals surface area contributed by atoms with E-state index in [-0.39, 0.29) is 5.95 Å². The number of carboxylic acid groups (broad SMARTS) is 1. The summed E-state index contributed by atoms with van der Waals surface area (Å²) in [5.41, 5.74) is 0.505. The van der Waals surface area contributed by atoms with E-state index in [4.69, 9.17) is 11.5 Å². The summed E-state index contributed by atoms with van der Waals surface area (Å²) in [5.74, 6) is 2.32. The lowest BCUT2D eigenvalue weighted by Crippen LogP contribution is -2.10. The number of anilines is 1. The van der Waals surface area contributed by atoms with E-state index in [1.807, 2.05) is 5.32 Å². The summed E-state index contributed by atoms with van der Waals surface area (Å²) in [6.07, 6.45) is 6.55. The highest BCUT2D eigenvalue weighted by Crippen LogP contribution is 1.97. The second-order valence-corrected chi connectivity index (χ2v) is 1.87. The van der Waals surface area contributed by atoms with Gasteiger partial charge in [0.15, 0.2) is 0 Å². The third-order valence-electron chi connectivity index (χ3n) is 1.04. The summed E-state index contributed by atoms with van der Waals surface area (Å²) in [5, 5.41) is 10.2. The van der Waals surface area contributed by atoms with E-state index in [9.17, 15) is 4.79 Å². The SMILES string of the molecule is C#Cc1cnc(NC(=O)O)nc1. The zero-order valence-corrected chi connectivity index (χ0v) is 5.98. The molecule has 1 heterocycles. The number of nitrogens with one attached hydrogen (secondary N) is 1. The normalized spacial score (nSPS) is 8.58. The highest BCUT2D eigenvalue weighted by atomic mass is 16.4. The second kappa shape index (κ2) is 3.34. The van der Waals surface area contributed by atoms with Crippen LogP contribution in [0.25, 0.3) is 0 Å². The van der Waals surface area contributed by atoms with E-state index in [0.29, 0.717) is 5.56 Å². The third-order valence-corrected chi connectivity index (χ3v) is 1.04. The molecule has 0 aliphatic carbocycles. The molecule has 0 radical (unpaired) electrons. The van der Waals surface area contributed by atoms with E-state index >= 15 is 0 Å². The van der Waals surface area contributed by atoms with Crippen LogP contribution in [0.5, 0.6) is 0 Å². The number of carbonyl (C=O) groups is 1. The van der Waals surface area contributed by atoms with Crippen molar-refractivity contribution in [3.63, 3.8) is 0 Å². The van der Waals surface area contributed by atoms with Crippen molar-refractivity contribution in [1.29, 1.82) is 0 Å². The minimum atomic E-state index is -1.21. The monoisotopic (exact) mass is 163 g/mol. The Morgan fingerprint density at radius 2 is 2.17 bits per heavy atom. The van der Waals surface area contributed by atoms with Crippen molar-refractivity contribution in [2.24, 2.45) is 0 Å². The van der Waals surface area contributed by atoms with Gasteiger partial charge in [0.25, 0.3) is 0 Å². The molecule has 1 aromatic heterocycles. The van der Waals surface area contributed by atoms with Crippen molar-refractivity contribution in [2.45, 2.75) is 0 Å². The van der Waals surface area contributed by atoms with Gasteiger partial charge in [0.1, 0.15) is 0 Å². The maximum atomic E-state index is 10.1. The molecular weight excluding hydrogens is 158 g/mol. The molecule has 12 heavy (non-hydrogen) atoms. The molecule has 0 aliphatic heterocycles. The maximum Gasteiger partial charge on any atom is 0.411 e. The Balaban J connectivity index is 2.80. The van der Waals surface area contributed by atoms with Gasteiger partial charge in [-0.05, 0) is 0 Å². The van der Waals surface area contributed by atoms with E-state index < -0.39 is 6.09 Å². The number of amides is 1. The molecule has 1 amide bonds. The molecule has 0 atom stereocenters. The van der Waals surface area contributed by atoms with E-state index in [1.165, 1.54) is 12.4 Å². The molecule has 0 saturated heterocycles. The van der Waals surface area contributed by atoms with Crippen molar-refractivity contribution in [1.82, 2.24) is 9.97 Å². The summed E-state index contributed by atoms with van der Waals surface area (Å²) in [6.45, 7) is 0. The molecule has 2 N–H and O–H groups in total. The van der Waals surface area contributed by atoms with Gasteiger partial charge in [-0.1, -0.05) is 5.92 Å². The van der Waals surface area contributed by atoms with E-state index in [2.05, 4.69) is 15.9 Å². The summed E-state index contributed by atoms with van der Waals surface area (Å²) in [6, 6.07) is 0. The Morgan fingerprint density at radius 1 is 1.58 bits per heavy atom. The van der Waals surface area contributed by atoms with Gasteiger partial charge in [0.2, 0.25) is 5.95 Å². The van der Waals surface area contributed by atoms with Crippen molar-refractivity contribution >= 4 is 12.0 Å². The smallest absolute Gasteiger partial charge is 0.411 e. The van der Waals surface area contributed by atoms with Gasteiger partial charge in [0.05, 0.1) is 5.56 Å². The maximum absolute atomic E-state index is 10.1. The zero-order chi connectivity index (χ0) is 8.97. The molecule has 5 nitrogen and oxygen atoms in total. The van der Waals surface area contributed by atoms with Crippen molar-refractivity contribution in [2.75, 3.05) is 5.32 Å². The molecule has 0 aliphatic rings. The number of rotatable bonds is 1. The molecular formula is C7H5N3O2. The summed E-state index contributed by atoms with van der Waals surface area (Å²) in [7, 11) is 0. The van der Waals surface area contributed by atoms with Gasteiger partial charge in [-0.2, -0.15) is 0 Å². The Kier molecular flexibility index (Phi) is 2.23. The van der Waals surface area contributed by atoms with Crippen LogP contribution in [-0.2, 0) is 0 Å². The van der Waals surface area contributed by atoms with E-state index in [1.54, 1.807) is 0 Å². The van der Waals surface area contributed by atoms with E-state index in [0.717, 1.165) is 0 Å². The number of hydrogen-bond donors (Lipinski definition) is 2. The first-order chi connectivity index (χ1) is 5.72. The second-order valence-electron chi connectivity index (χ2n) is 1.87. The van der Waals surface area contributed by atoms with Gasteiger partial charge in [-0.25, -0.2) is 14.8 Å². The van der Waals surface area contributed by atoms with Crippen molar-refractivity contribution in [3.8, 4) is 12.3 Å². The third kappa shape index (κ3) is 1.95. The van der Waals surface area contributed by atoms with Crippen LogP contribution in [-0.4, -0.2) is 21.2 Å². The lowest BCUT2D eigenvalue weighted by molar-refractivity contribution is 0.209. The van der Waals surface area contributed by atoms with Gasteiger partial charge in [-0.3, -0.25) is 5.32 Å². The van der Waals surface area contributed by atoms with Gasteiger partial charge in [0, 0.05) is 12.4 Å². The number of terminal acetylenes is 1. The molecule has 0 bridgehead atoms. The molecule has 60 valence electrons. The van der Waals surface area contributed by atoms with Gasteiger partial charge in [-0.15, -0.1) is 6.42 Å². The van der Waals surface area contributed by atoms with Gasteiger partial charge >= 0.3 is 6.09 Å². The summed E-state index contributed by atoms with van der Waals surface area (Å²) < 4.78 is 0. The van der Waals surface area contributed by atoms with Crippen LogP contribution < -0.4 is 5.32 Å². The van der Waals surface area contributed by atoms with Crippen LogP contribution in [0.3, 0.4) is 0 Å².